The number of rotatable bonds is 1. The lowest BCUT2D eigenvalue weighted by Gasteiger charge is -2.11. The van der Waals surface area contributed by atoms with Crippen LogP contribution in [0.5, 0.6) is 0 Å². The Morgan fingerprint density at radius 1 is 1.36 bits per heavy atom. The van der Waals surface area contributed by atoms with Crippen molar-refractivity contribution >= 4 is 18.4 Å². The Balaban J connectivity index is 0.000000605. The summed E-state index contributed by atoms with van der Waals surface area (Å²) < 4.78 is 0. The van der Waals surface area contributed by atoms with Crippen LogP contribution in [0, 0.1) is 17.8 Å². The lowest BCUT2D eigenvalue weighted by molar-refractivity contribution is -0.142. The van der Waals surface area contributed by atoms with Crippen molar-refractivity contribution < 1.29 is 9.90 Å². The zero-order valence-corrected chi connectivity index (χ0v) is 6.88. The maximum atomic E-state index is 10.6. The van der Waals surface area contributed by atoms with E-state index in [-0.39, 0.29) is 18.3 Å². The molecule has 3 atom stereocenters. The van der Waals surface area contributed by atoms with Gasteiger partial charge in [-0.3, -0.25) is 4.79 Å². The monoisotopic (exact) mass is 174 g/mol. The molecule has 0 saturated heterocycles. The van der Waals surface area contributed by atoms with Gasteiger partial charge in [-0.1, -0.05) is 12.2 Å². The van der Waals surface area contributed by atoms with Gasteiger partial charge in [0, 0.05) is 0 Å². The van der Waals surface area contributed by atoms with Crippen molar-refractivity contribution in [3.8, 4) is 0 Å². The standard InChI is InChI=1S/C8H10O2.ClH/c9-8(10)7-4-5-1-2-6(7)3-5;/h1-2,5-7H,3-4H2,(H,9,10);1H. The zero-order valence-electron chi connectivity index (χ0n) is 6.06. The Morgan fingerprint density at radius 2 is 2.09 bits per heavy atom. The molecule has 0 amide bonds. The minimum Gasteiger partial charge on any atom is -0.481 e. The van der Waals surface area contributed by atoms with Gasteiger partial charge in [-0.15, -0.1) is 12.4 Å². The smallest absolute Gasteiger partial charge is 0.307 e. The van der Waals surface area contributed by atoms with Gasteiger partial charge in [0.2, 0.25) is 0 Å². The van der Waals surface area contributed by atoms with Crippen LogP contribution >= 0.6 is 12.4 Å². The van der Waals surface area contributed by atoms with E-state index in [2.05, 4.69) is 12.2 Å². The van der Waals surface area contributed by atoms with Crippen LogP contribution < -0.4 is 0 Å². The van der Waals surface area contributed by atoms with Crippen molar-refractivity contribution in [2.75, 3.05) is 0 Å². The molecule has 0 heterocycles. The molecule has 0 aromatic heterocycles. The summed E-state index contributed by atoms with van der Waals surface area (Å²) in [5.74, 6) is 0.237. The van der Waals surface area contributed by atoms with E-state index in [0.29, 0.717) is 11.8 Å². The van der Waals surface area contributed by atoms with Crippen molar-refractivity contribution in [3.05, 3.63) is 12.2 Å². The van der Waals surface area contributed by atoms with E-state index in [1.807, 2.05) is 0 Å². The molecular formula is C8H11ClO2. The molecular weight excluding hydrogens is 164 g/mol. The Bertz CT molecular complexity index is 200. The van der Waals surface area contributed by atoms with Gasteiger partial charge in [0.25, 0.3) is 0 Å². The summed E-state index contributed by atoms with van der Waals surface area (Å²) in [7, 11) is 0. The fraction of sp³-hybridized carbons (Fsp3) is 0.625. The number of carboxylic acids is 1. The molecule has 2 aliphatic rings. The highest BCUT2D eigenvalue weighted by molar-refractivity contribution is 5.85. The van der Waals surface area contributed by atoms with Gasteiger partial charge in [-0.25, -0.2) is 0 Å². The second-order valence-electron chi connectivity index (χ2n) is 3.22. The molecule has 11 heavy (non-hydrogen) atoms. The number of carboxylic acid groups (broad SMARTS) is 1. The van der Waals surface area contributed by atoms with Gasteiger partial charge in [-0.05, 0) is 24.7 Å². The Morgan fingerprint density at radius 3 is 2.36 bits per heavy atom. The summed E-state index contributed by atoms with van der Waals surface area (Å²) in [5, 5.41) is 8.70. The van der Waals surface area contributed by atoms with Crippen LogP contribution in [-0.2, 0) is 4.79 Å². The minimum absolute atomic E-state index is 0. The van der Waals surface area contributed by atoms with E-state index in [1.165, 1.54) is 0 Å². The molecule has 1 fully saturated rings. The van der Waals surface area contributed by atoms with Gasteiger partial charge in [-0.2, -0.15) is 0 Å². The van der Waals surface area contributed by atoms with Crippen LogP contribution in [0.25, 0.3) is 0 Å². The first-order valence-electron chi connectivity index (χ1n) is 3.68. The van der Waals surface area contributed by atoms with E-state index in [4.69, 9.17) is 5.11 Å². The van der Waals surface area contributed by atoms with E-state index < -0.39 is 5.97 Å². The molecule has 2 rings (SSSR count). The molecule has 2 bridgehead atoms. The normalized spacial score (nSPS) is 38.7. The summed E-state index contributed by atoms with van der Waals surface area (Å²) in [4.78, 5) is 10.6. The summed E-state index contributed by atoms with van der Waals surface area (Å²) >= 11 is 0. The number of halogens is 1. The molecule has 0 aromatic carbocycles. The van der Waals surface area contributed by atoms with Crippen molar-refractivity contribution in [2.45, 2.75) is 12.8 Å². The molecule has 0 spiro atoms. The Kier molecular flexibility index (Phi) is 2.23. The fourth-order valence-electron chi connectivity index (χ4n) is 2.06. The second kappa shape index (κ2) is 2.86. The first kappa shape index (κ1) is 8.60. The zero-order chi connectivity index (χ0) is 7.14. The summed E-state index contributed by atoms with van der Waals surface area (Å²) in [6, 6.07) is 0. The van der Waals surface area contributed by atoms with Crippen LogP contribution in [0.1, 0.15) is 12.8 Å². The number of carbonyl (C=O) groups is 1. The molecule has 3 unspecified atom stereocenters. The lowest BCUT2D eigenvalue weighted by atomic mass is 9.94. The van der Waals surface area contributed by atoms with Crippen molar-refractivity contribution in [1.29, 1.82) is 0 Å². The fourth-order valence-corrected chi connectivity index (χ4v) is 2.06. The van der Waals surface area contributed by atoms with Gasteiger partial charge in [0.1, 0.15) is 0 Å². The van der Waals surface area contributed by atoms with Gasteiger partial charge in [0.05, 0.1) is 5.92 Å². The molecule has 2 aliphatic carbocycles. The second-order valence-corrected chi connectivity index (χ2v) is 3.22. The molecule has 0 radical (unpaired) electrons. The van der Waals surface area contributed by atoms with E-state index >= 15 is 0 Å². The van der Waals surface area contributed by atoms with Crippen LogP contribution in [-0.4, -0.2) is 11.1 Å². The first-order chi connectivity index (χ1) is 4.77. The third-order valence-electron chi connectivity index (χ3n) is 2.60. The minimum atomic E-state index is -0.614. The number of hydrogen-bond donors (Lipinski definition) is 1. The van der Waals surface area contributed by atoms with E-state index in [1.54, 1.807) is 0 Å². The highest BCUT2D eigenvalue weighted by Crippen LogP contribution is 2.43. The summed E-state index contributed by atoms with van der Waals surface area (Å²) in [5.41, 5.74) is 0. The quantitative estimate of drug-likeness (QED) is 0.615. The van der Waals surface area contributed by atoms with Gasteiger partial charge >= 0.3 is 5.97 Å². The van der Waals surface area contributed by atoms with Crippen LogP contribution in [0.3, 0.4) is 0 Å². The average Bonchev–Trinajstić information content (AvgIpc) is 2.44. The van der Waals surface area contributed by atoms with Gasteiger partial charge < -0.3 is 5.11 Å². The maximum absolute atomic E-state index is 10.6. The Labute approximate surface area is 71.7 Å². The molecule has 3 heteroatoms. The summed E-state index contributed by atoms with van der Waals surface area (Å²) in [6.07, 6.45) is 6.17. The molecule has 0 aliphatic heterocycles. The van der Waals surface area contributed by atoms with E-state index in [9.17, 15) is 4.79 Å². The molecule has 2 nitrogen and oxygen atoms in total. The topological polar surface area (TPSA) is 37.3 Å². The third-order valence-corrected chi connectivity index (χ3v) is 2.60. The number of allylic oxidation sites excluding steroid dienone is 2. The van der Waals surface area contributed by atoms with Crippen LogP contribution in [0.15, 0.2) is 12.2 Å². The van der Waals surface area contributed by atoms with Crippen LogP contribution in [0.4, 0.5) is 0 Å². The average molecular weight is 175 g/mol. The number of fused-ring (bicyclic) bond motifs is 2. The molecule has 1 saturated carbocycles. The summed E-state index contributed by atoms with van der Waals surface area (Å²) in [6.45, 7) is 0. The third kappa shape index (κ3) is 1.27. The number of hydrogen-bond acceptors (Lipinski definition) is 1. The van der Waals surface area contributed by atoms with Gasteiger partial charge in [0.15, 0.2) is 0 Å². The highest BCUT2D eigenvalue weighted by Gasteiger charge is 2.39. The lowest BCUT2D eigenvalue weighted by Crippen LogP contribution is -2.17. The van der Waals surface area contributed by atoms with Crippen LogP contribution in [0.2, 0.25) is 0 Å². The largest absolute Gasteiger partial charge is 0.481 e. The molecule has 62 valence electrons. The first-order valence-corrected chi connectivity index (χ1v) is 3.68. The molecule has 1 N–H and O–H groups in total. The number of aliphatic carboxylic acids is 1. The highest BCUT2D eigenvalue weighted by atomic mass is 35.5. The predicted molar refractivity (Wildman–Crippen MR) is 43.7 cm³/mol. The molecule has 0 aromatic rings. The maximum Gasteiger partial charge on any atom is 0.307 e. The predicted octanol–water partition coefficient (Wildman–Crippen LogP) is 1.70. The Hall–Kier alpha value is -0.500. The van der Waals surface area contributed by atoms with E-state index in [0.717, 1.165) is 12.8 Å². The van der Waals surface area contributed by atoms with Crippen molar-refractivity contribution in [2.24, 2.45) is 17.8 Å². The SMILES string of the molecule is Cl.O=C(O)C1CC2C=CC1C2. The van der Waals surface area contributed by atoms with Crippen molar-refractivity contribution in [1.82, 2.24) is 0 Å². The van der Waals surface area contributed by atoms with Crippen molar-refractivity contribution in [3.63, 3.8) is 0 Å².